The summed E-state index contributed by atoms with van der Waals surface area (Å²) in [5.41, 5.74) is -0.0939. The second-order valence-electron chi connectivity index (χ2n) is 2.89. The van der Waals surface area contributed by atoms with Crippen LogP contribution in [0, 0.1) is 0 Å². The highest BCUT2D eigenvalue weighted by atomic mass is 28.2. The van der Waals surface area contributed by atoms with Gasteiger partial charge in [-0.25, -0.2) is 0 Å². The summed E-state index contributed by atoms with van der Waals surface area (Å²) in [5, 5.41) is 0. The summed E-state index contributed by atoms with van der Waals surface area (Å²) in [4.78, 5) is 0. The normalized spacial score (nSPS) is 13.6. The van der Waals surface area contributed by atoms with Gasteiger partial charge in [0.15, 0.2) is 0 Å². The quantitative estimate of drug-likeness (QED) is 0.454. The standard InChI is InChI=1S/C7H18O3Si/c1-6(2)11-7(8-3,9-4)10-5/h6H,11H2,1-5H3. The number of methoxy groups -OCH3 is 3. The van der Waals surface area contributed by atoms with Gasteiger partial charge in [-0.1, -0.05) is 13.8 Å². The van der Waals surface area contributed by atoms with Crippen LogP contribution < -0.4 is 0 Å². The fourth-order valence-electron chi connectivity index (χ4n) is 1.00. The van der Waals surface area contributed by atoms with E-state index in [1.54, 1.807) is 21.3 Å². The largest absolute Gasteiger partial charge is 0.335 e. The third kappa shape index (κ3) is 3.33. The SMILES string of the molecule is COC(OC)(OC)[SiH2]C(C)C. The van der Waals surface area contributed by atoms with Crippen molar-refractivity contribution in [1.29, 1.82) is 0 Å². The summed E-state index contributed by atoms with van der Waals surface area (Å²) >= 11 is 0. The van der Waals surface area contributed by atoms with E-state index in [9.17, 15) is 0 Å². The van der Waals surface area contributed by atoms with Crippen molar-refractivity contribution in [3.63, 3.8) is 0 Å². The zero-order valence-corrected chi connectivity index (χ0v) is 9.42. The second kappa shape index (κ2) is 4.87. The van der Waals surface area contributed by atoms with E-state index in [0.717, 1.165) is 0 Å². The fourth-order valence-corrected chi connectivity index (χ4v) is 2.50. The molecule has 0 saturated heterocycles. The summed E-state index contributed by atoms with van der Waals surface area (Å²) in [6, 6.07) is 0. The van der Waals surface area contributed by atoms with E-state index in [1.165, 1.54) is 0 Å². The van der Waals surface area contributed by atoms with E-state index in [1.807, 2.05) is 0 Å². The topological polar surface area (TPSA) is 27.7 Å². The van der Waals surface area contributed by atoms with E-state index in [0.29, 0.717) is 5.54 Å². The Morgan fingerprint density at radius 3 is 1.45 bits per heavy atom. The van der Waals surface area contributed by atoms with Crippen molar-refractivity contribution in [2.24, 2.45) is 0 Å². The molecule has 0 spiro atoms. The maximum atomic E-state index is 5.16. The third-order valence-corrected chi connectivity index (χ3v) is 3.77. The fraction of sp³-hybridized carbons (Fsp3) is 1.00. The molecule has 0 heterocycles. The van der Waals surface area contributed by atoms with Gasteiger partial charge in [-0.2, -0.15) is 0 Å². The maximum absolute atomic E-state index is 5.16. The van der Waals surface area contributed by atoms with Gasteiger partial charge in [0.25, 0.3) is 0 Å². The molecule has 0 aliphatic carbocycles. The first kappa shape index (κ1) is 11.1. The smallest absolute Gasteiger partial charge is 0.248 e. The molecule has 0 rings (SSSR count). The van der Waals surface area contributed by atoms with Crippen LogP contribution in [0.3, 0.4) is 0 Å². The van der Waals surface area contributed by atoms with Crippen LogP contribution >= 0.6 is 0 Å². The maximum Gasteiger partial charge on any atom is 0.248 e. The summed E-state index contributed by atoms with van der Waals surface area (Å²) in [6.45, 7) is 4.30. The van der Waals surface area contributed by atoms with Crippen LogP contribution in [0.15, 0.2) is 0 Å². The molecule has 0 unspecified atom stereocenters. The zero-order chi connectivity index (χ0) is 8.91. The first-order valence-electron chi connectivity index (χ1n) is 3.75. The Hall–Kier alpha value is 0.0969. The van der Waals surface area contributed by atoms with Crippen LogP contribution in [-0.2, 0) is 14.2 Å². The van der Waals surface area contributed by atoms with Crippen LogP contribution in [0.4, 0.5) is 0 Å². The van der Waals surface area contributed by atoms with Crippen molar-refractivity contribution in [3.8, 4) is 0 Å². The highest BCUT2D eigenvalue weighted by Gasteiger charge is 2.30. The van der Waals surface area contributed by atoms with Crippen molar-refractivity contribution >= 4 is 9.52 Å². The average molecular weight is 178 g/mol. The molecule has 0 amide bonds. The van der Waals surface area contributed by atoms with Gasteiger partial charge in [-0.05, 0) is 5.54 Å². The lowest BCUT2D eigenvalue weighted by atomic mass is 10.6. The minimum atomic E-state index is -0.714. The van der Waals surface area contributed by atoms with Gasteiger partial charge in [0.05, 0.1) is 0 Å². The zero-order valence-electron chi connectivity index (χ0n) is 8.01. The molecule has 0 aromatic rings. The molecule has 0 N–H and O–H groups in total. The van der Waals surface area contributed by atoms with Crippen LogP contribution in [0.2, 0.25) is 5.54 Å². The number of ether oxygens (including phenoxy) is 3. The predicted octanol–water partition coefficient (Wildman–Crippen LogP) is 0.534. The molecule has 0 atom stereocenters. The summed E-state index contributed by atoms with van der Waals surface area (Å²) in [5.74, 6) is 0. The first-order chi connectivity index (χ1) is 5.10. The predicted molar refractivity (Wildman–Crippen MR) is 47.4 cm³/mol. The molecule has 0 aliphatic rings. The minimum absolute atomic E-state index is 0.514. The molecule has 0 aromatic carbocycles. The molecule has 0 saturated carbocycles. The molecule has 0 fully saturated rings. The molecule has 68 valence electrons. The highest BCUT2D eigenvalue weighted by molar-refractivity contribution is 6.40. The minimum Gasteiger partial charge on any atom is -0.335 e. The summed E-state index contributed by atoms with van der Waals surface area (Å²) in [7, 11) is 4.33. The molecule has 0 aromatic heterocycles. The van der Waals surface area contributed by atoms with Crippen molar-refractivity contribution in [2.45, 2.75) is 25.0 Å². The Morgan fingerprint density at radius 2 is 1.36 bits per heavy atom. The van der Waals surface area contributed by atoms with Gasteiger partial charge in [-0.3, -0.25) is 0 Å². The van der Waals surface area contributed by atoms with Crippen LogP contribution in [0.5, 0.6) is 0 Å². The molecule has 0 aliphatic heterocycles. The highest BCUT2D eigenvalue weighted by Crippen LogP contribution is 2.16. The van der Waals surface area contributed by atoms with Gasteiger partial charge in [-0.15, -0.1) is 0 Å². The lowest BCUT2D eigenvalue weighted by molar-refractivity contribution is -0.295. The van der Waals surface area contributed by atoms with Crippen molar-refractivity contribution < 1.29 is 14.2 Å². The van der Waals surface area contributed by atoms with Crippen LogP contribution in [0.1, 0.15) is 13.8 Å². The number of hydrogen-bond acceptors (Lipinski definition) is 3. The number of rotatable bonds is 5. The van der Waals surface area contributed by atoms with Gasteiger partial charge < -0.3 is 14.2 Å². The van der Waals surface area contributed by atoms with Crippen molar-refractivity contribution in [3.05, 3.63) is 0 Å². The van der Waals surface area contributed by atoms with Crippen LogP contribution in [-0.4, -0.2) is 36.4 Å². The molecule has 4 heteroatoms. The summed E-state index contributed by atoms with van der Waals surface area (Å²) < 4.78 is 15.5. The van der Waals surface area contributed by atoms with Crippen LogP contribution in [0.25, 0.3) is 0 Å². The Morgan fingerprint density at radius 1 is 1.00 bits per heavy atom. The lowest BCUT2D eigenvalue weighted by Crippen LogP contribution is -2.43. The Balaban J connectivity index is 4.05. The molecule has 3 nitrogen and oxygen atoms in total. The van der Waals surface area contributed by atoms with Gasteiger partial charge in [0.1, 0.15) is 9.52 Å². The second-order valence-corrected chi connectivity index (χ2v) is 5.80. The van der Waals surface area contributed by atoms with Gasteiger partial charge in [0, 0.05) is 21.3 Å². The average Bonchev–Trinajstić information content (AvgIpc) is 2.00. The molecular weight excluding hydrogens is 160 g/mol. The first-order valence-corrected chi connectivity index (χ1v) is 5.28. The monoisotopic (exact) mass is 178 g/mol. The van der Waals surface area contributed by atoms with Gasteiger partial charge >= 0.3 is 0 Å². The van der Waals surface area contributed by atoms with E-state index in [-0.39, 0.29) is 0 Å². The Labute approximate surface area is 70.8 Å². The van der Waals surface area contributed by atoms with Crippen molar-refractivity contribution in [1.82, 2.24) is 0 Å². The Bertz CT molecular complexity index is 93.6. The summed E-state index contributed by atoms with van der Waals surface area (Å²) in [6.07, 6.45) is 0. The molecular formula is C7H18O3Si. The van der Waals surface area contributed by atoms with Crippen molar-refractivity contribution in [2.75, 3.05) is 21.3 Å². The lowest BCUT2D eigenvalue weighted by Gasteiger charge is -2.30. The molecule has 0 bridgehead atoms. The third-order valence-electron chi connectivity index (χ3n) is 1.59. The van der Waals surface area contributed by atoms with E-state index in [4.69, 9.17) is 14.2 Å². The Kier molecular flexibility index (Phi) is 4.91. The van der Waals surface area contributed by atoms with E-state index < -0.39 is 15.1 Å². The van der Waals surface area contributed by atoms with E-state index >= 15 is 0 Å². The number of hydrogen-bond donors (Lipinski definition) is 0. The van der Waals surface area contributed by atoms with Gasteiger partial charge in [0.2, 0.25) is 5.60 Å². The van der Waals surface area contributed by atoms with E-state index in [2.05, 4.69) is 13.8 Å². The molecule has 0 radical (unpaired) electrons. The molecule has 11 heavy (non-hydrogen) atoms.